The maximum atomic E-state index is 6.14. The molecular weight excluding hydrogens is 176 g/mol. The summed E-state index contributed by atoms with van der Waals surface area (Å²) in [6.07, 6.45) is 3.59. The molecule has 1 atom stereocenters. The van der Waals surface area contributed by atoms with E-state index in [2.05, 4.69) is 15.2 Å². The molecule has 0 aromatic carbocycles. The number of piperazine rings is 1. The lowest BCUT2D eigenvalue weighted by Crippen LogP contribution is -2.47. The van der Waals surface area contributed by atoms with Gasteiger partial charge in [0.05, 0.1) is 6.17 Å². The first kappa shape index (κ1) is 9.58. The van der Waals surface area contributed by atoms with E-state index in [1.165, 1.54) is 0 Å². The van der Waals surface area contributed by atoms with Gasteiger partial charge in [-0.2, -0.15) is 0 Å². The van der Waals surface area contributed by atoms with Crippen LogP contribution < -0.4 is 11.1 Å². The van der Waals surface area contributed by atoms with Crippen molar-refractivity contribution in [2.75, 3.05) is 26.2 Å². The second-order valence-corrected chi connectivity index (χ2v) is 3.51. The fourth-order valence-electron chi connectivity index (χ4n) is 1.73. The Balaban J connectivity index is 2.03. The Morgan fingerprint density at radius 1 is 1.29 bits per heavy atom. The molecule has 2 heterocycles. The van der Waals surface area contributed by atoms with Gasteiger partial charge in [-0.05, 0) is 17.7 Å². The Hall–Kier alpha value is -0.970. The molecule has 76 valence electrons. The molecule has 1 fully saturated rings. The predicted molar refractivity (Wildman–Crippen MR) is 55.6 cm³/mol. The lowest BCUT2D eigenvalue weighted by molar-refractivity contribution is 0.177. The fourth-order valence-corrected chi connectivity index (χ4v) is 1.73. The van der Waals surface area contributed by atoms with Crippen molar-refractivity contribution in [3.63, 3.8) is 0 Å². The molecule has 1 unspecified atom stereocenters. The van der Waals surface area contributed by atoms with Crippen molar-refractivity contribution >= 4 is 0 Å². The summed E-state index contributed by atoms with van der Waals surface area (Å²) in [6.45, 7) is 4.09. The lowest BCUT2D eigenvalue weighted by Gasteiger charge is -2.32. The average molecular weight is 192 g/mol. The zero-order valence-electron chi connectivity index (χ0n) is 8.19. The topological polar surface area (TPSA) is 54.2 Å². The van der Waals surface area contributed by atoms with Crippen LogP contribution in [-0.2, 0) is 0 Å². The van der Waals surface area contributed by atoms with Crippen LogP contribution in [-0.4, -0.2) is 36.1 Å². The standard InChI is InChI=1S/C10H16N4/c11-10(9-1-3-12-4-2-9)14-7-5-13-6-8-14/h1-4,10,13H,5-8,11H2. The van der Waals surface area contributed by atoms with Crippen molar-refractivity contribution < 1.29 is 0 Å². The Kier molecular flexibility index (Phi) is 3.08. The fraction of sp³-hybridized carbons (Fsp3) is 0.500. The third-order valence-corrected chi connectivity index (χ3v) is 2.59. The van der Waals surface area contributed by atoms with Gasteiger partial charge >= 0.3 is 0 Å². The first-order valence-corrected chi connectivity index (χ1v) is 4.98. The second-order valence-electron chi connectivity index (χ2n) is 3.51. The van der Waals surface area contributed by atoms with Crippen LogP contribution in [0.1, 0.15) is 11.7 Å². The van der Waals surface area contributed by atoms with Gasteiger partial charge in [-0.1, -0.05) is 0 Å². The van der Waals surface area contributed by atoms with Gasteiger partial charge < -0.3 is 11.1 Å². The summed E-state index contributed by atoms with van der Waals surface area (Å²) in [6, 6.07) is 3.96. The normalized spacial score (nSPS) is 20.6. The van der Waals surface area contributed by atoms with Gasteiger partial charge in [-0.25, -0.2) is 0 Å². The Bertz CT molecular complexity index is 269. The van der Waals surface area contributed by atoms with Crippen LogP contribution in [0.5, 0.6) is 0 Å². The molecule has 1 aliphatic heterocycles. The Labute approximate surface area is 84.1 Å². The van der Waals surface area contributed by atoms with Crippen molar-refractivity contribution in [3.8, 4) is 0 Å². The molecule has 14 heavy (non-hydrogen) atoms. The molecular formula is C10H16N4. The van der Waals surface area contributed by atoms with E-state index in [9.17, 15) is 0 Å². The van der Waals surface area contributed by atoms with Crippen LogP contribution in [0.4, 0.5) is 0 Å². The molecule has 3 N–H and O–H groups in total. The molecule has 0 aliphatic carbocycles. The molecule has 1 aromatic rings. The summed E-state index contributed by atoms with van der Waals surface area (Å²) < 4.78 is 0. The van der Waals surface area contributed by atoms with E-state index < -0.39 is 0 Å². The van der Waals surface area contributed by atoms with Crippen LogP contribution in [0, 0.1) is 0 Å². The number of aromatic nitrogens is 1. The number of nitrogens with two attached hydrogens (primary N) is 1. The van der Waals surface area contributed by atoms with E-state index in [1.807, 2.05) is 12.1 Å². The minimum atomic E-state index is 0.0140. The van der Waals surface area contributed by atoms with E-state index >= 15 is 0 Å². The Morgan fingerprint density at radius 2 is 1.93 bits per heavy atom. The zero-order chi connectivity index (χ0) is 9.80. The first-order chi connectivity index (χ1) is 6.88. The van der Waals surface area contributed by atoms with Gasteiger partial charge in [0.15, 0.2) is 0 Å². The van der Waals surface area contributed by atoms with Crippen LogP contribution in [0.3, 0.4) is 0 Å². The molecule has 1 aliphatic rings. The molecule has 1 saturated heterocycles. The second kappa shape index (κ2) is 4.50. The third kappa shape index (κ3) is 2.09. The molecule has 4 heteroatoms. The highest BCUT2D eigenvalue weighted by Crippen LogP contribution is 2.13. The van der Waals surface area contributed by atoms with Crippen molar-refractivity contribution in [1.29, 1.82) is 0 Å². The monoisotopic (exact) mass is 192 g/mol. The number of rotatable bonds is 2. The van der Waals surface area contributed by atoms with Crippen molar-refractivity contribution in [2.45, 2.75) is 6.17 Å². The number of hydrogen-bond donors (Lipinski definition) is 2. The van der Waals surface area contributed by atoms with Crippen LogP contribution in [0.2, 0.25) is 0 Å². The summed E-state index contributed by atoms with van der Waals surface area (Å²) in [5.74, 6) is 0. The maximum absolute atomic E-state index is 6.14. The summed E-state index contributed by atoms with van der Waals surface area (Å²) >= 11 is 0. The molecule has 0 bridgehead atoms. The van der Waals surface area contributed by atoms with Crippen molar-refractivity contribution in [1.82, 2.24) is 15.2 Å². The van der Waals surface area contributed by atoms with Crippen LogP contribution in [0.15, 0.2) is 24.5 Å². The quantitative estimate of drug-likeness (QED) is 0.689. The minimum Gasteiger partial charge on any atom is -0.314 e. The molecule has 0 spiro atoms. The number of nitrogens with one attached hydrogen (secondary N) is 1. The average Bonchev–Trinajstić information content (AvgIpc) is 2.30. The summed E-state index contributed by atoms with van der Waals surface area (Å²) in [5.41, 5.74) is 7.28. The van der Waals surface area contributed by atoms with Crippen molar-refractivity contribution in [3.05, 3.63) is 30.1 Å². The van der Waals surface area contributed by atoms with Gasteiger partial charge in [-0.3, -0.25) is 9.88 Å². The van der Waals surface area contributed by atoms with E-state index in [1.54, 1.807) is 12.4 Å². The number of nitrogens with zero attached hydrogens (tertiary/aromatic N) is 2. The van der Waals surface area contributed by atoms with Gasteiger partial charge in [0, 0.05) is 38.6 Å². The van der Waals surface area contributed by atoms with Gasteiger partial charge in [-0.15, -0.1) is 0 Å². The van der Waals surface area contributed by atoms with Crippen LogP contribution >= 0.6 is 0 Å². The SMILES string of the molecule is NC(c1ccncc1)N1CCNCC1. The van der Waals surface area contributed by atoms with Crippen LogP contribution in [0.25, 0.3) is 0 Å². The largest absolute Gasteiger partial charge is 0.314 e. The number of pyridine rings is 1. The van der Waals surface area contributed by atoms with Crippen molar-refractivity contribution in [2.24, 2.45) is 5.73 Å². The Morgan fingerprint density at radius 3 is 2.57 bits per heavy atom. The minimum absolute atomic E-state index is 0.0140. The maximum Gasteiger partial charge on any atom is 0.0837 e. The molecule has 4 nitrogen and oxygen atoms in total. The van der Waals surface area contributed by atoms with Gasteiger partial charge in [0.1, 0.15) is 0 Å². The van der Waals surface area contributed by atoms with Gasteiger partial charge in [0.25, 0.3) is 0 Å². The highest BCUT2D eigenvalue weighted by atomic mass is 15.3. The number of hydrogen-bond acceptors (Lipinski definition) is 4. The molecule has 2 rings (SSSR count). The zero-order valence-corrected chi connectivity index (χ0v) is 8.19. The van der Waals surface area contributed by atoms with E-state index in [0.29, 0.717) is 0 Å². The molecule has 0 saturated carbocycles. The van der Waals surface area contributed by atoms with E-state index in [0.717, 1.165) is 31.7 Å². The molecule has 1 aromatic heterocycles. The van der Waals surface area contributed by atoms with E-state index in [4.69, 9.17) is 5.73 Å². The summed E-state index contributed by atoms with van der Waals surface area (Å²) in [7, 11) is 0. The van der Waals surface area contributed by atoms with Gasteiger partial charge in [0.2, 0.25) is 0 Å². The highest BCUT2D eigenvalue weighted by molar-refractivity contribution is 5.14. The van der Waals surface area contributed by atoms with E-state index in [-0.39, 0.29) is 6.17 Å². The molecule has 0 radical (unpaired) electrons. The third-order valence-electron chi connectivity index (χ3n) is 2.59. The smallest absolute Gasteiger partial charge is 0.0837 e. The first-order valence-electron chi connectivity index (χ1n) is 4.98. The highest BCUT2D eigenvalue weighted by Gasteiger charge is 2.17. The molecule has 0 amide bonds. The lowest BCUT2D eigenvalue weighted by atomic mass is 10.2. The summed E-state index contributed by atoms with van der Waals surface area (Å²) in [4.78, 5) is 6.27. The summed E-state index contributed by atoms with van der Waals surface area (Å²) in [5, 5.41) is 3.31. The predicted octanol–water partition coefficient (Wildman–Crippen LogP) is -0.0559.